The maximum absolute atomic E-state index is 10.7. The molecular weight excluding hydrogens is 242 g/mol. The summed E-state index contributed by atoms with van der Waals surface area (Å²) in [4.78, 5) is 19.3. The summed E-state index contributed by atoms with van der Waals surface area (Å²) in [6, 6.07) is 3.37. The number of pyridine rings is 1. The lowest BCUT2D eigenvalue weighted by Gasteiger charge is -2.33. The zero-order valence-corrected chi connectivity index (χ0v) is 10.5. The first-order chi connectivity index (χ1) is 7.66. The summed E-state index contributed by atoms with van der Waals surface area (Å²) in [6.07, 6.45) is 1.41. The number of rotatable bonds is 2. The summed E-state index contributed by atoms with van der Waals surface area (Å²) in [6.45, 7) is 3.91. The molecule has 0 spiro atoms. The molecule has 0 aromatic carbocycles. The Labute approximate surface area is 106 Å². The van der Waals surface area contributed by atoms with Crippen LogP contribution in [0.15, 0.2) is 18.3 Å². The van der Waals surface area contributed by atoms with Gasteiger partial charge in [-0.05, 0) is 19.2 Å². The maximum atomic E-state index is 10.7. The second-order valence-corrected chi connectivity index (χ2v) is 4.00. The molecule has 0 unspecified atom stereocenters. The average molecular weight is 258 g/mol. The summed E-state index contributed by atoms with van der Waals surface area (Å²) in [7, 11) is 2.10. The Hall–Kier alpha value is -1.33. The highest BCUT2D eigenvalue weighted by atomic mass is 35.5. The zero-order chi connectivity index (χ0) is 11.5. The molecular formula is C11H16ClN3O2. The number of carboxylic acid groups (broad SMARTS) is 1. The van der Waals surface area contributed by atoms with Crippen molar-refractivity contribution in [3.05, 3.63) is 23.9 Å². The van der Waals surface area contributed by atoms with E-state index in [9.17, 15) is 4.79 Å². The number of nitrogens with zero attached hydrogens (tertiary/aromatic N) is 3. The normalized spacial score (nSPS) is 16.4. The Morgan fingerprint density at radius 3 is 2.41 bits per heavy atom. The first-order valence-corrected chi connectivity index (χ1v) is 5.29. The van der Waals surface area contributed by atoms with Crippen molar-refractivity contribution in [2.75, 3.05) is 38.1 Å². The third-order valence-electron chi connectivity index (χ3n) is 2.82. The molecule has 94 valence electrons. The molecule has 1 aliphatic heterocycles. The van der Waals surface area contributed by atoms with Crippen molar-refractivity contribution in [1.82, 2.24) is 9.88 Å². The minimum Gasteiger partial charge on any atom is -0.478 e. The summed E-state index contributed by atoms with van der Waals surface area (Å²) in [5.74, 6) is -0.0736. The number of likely N-dealkylation sites (N-methyl/N-ethyl adjacent to an activating group) is 1. The summed E-state index contributed by atoms with van der Waals surface area (Å²) < 4.78 is 0. The molecule has 2 heterocycles. The molecule has 1 N–H and O–H groups in total. The molecule has 1 fully saturated rings. The molecule has 0 radical (unpaired) electrons. The van der Waals surface area contributed by atoms with E-state index in [2.05, 4.69) is 21.8 Å². The van der Waals surface area contributed by atoms with E-state index in [0.717, 1.165) is 32.0 Å². The van der Waals surface area contributed by atoms with Crippen molar-refractivity contribution >= 4 is 24.2 Å². The molecule has 0 amide bonds. The molecule has 17 heavy (non-hydrogen) atoms. The van der Waals surface area contributed by atoms with E-state index in [1.807, 2.05) is 0 Å². The molecule has 1 aliphatic rings. The number of carboxylic acids is 1. The Morgan fingerprint density at radius 2 is 1.94 bits per heavy atom. The van der Waals surface area contributed by atoms with Crippen molar-refractivity contribution in [3.63, 3.8) is 0 Å². The van der Waals surface area contributed by atoms with Crippen molar-refractivity contribution in [1.29, 1.82) is 0 Å². The molecule has 0 bridgehead atoms. The molecule has 0 aliphatic carbocycles. The van der Waals surface area contributed by atoms with Gasteiger partial charge in [-0.25, -0.2) is 9.78 Å². The summed E-state index contributed by atoms with van der Waals surface area (Å²) >= 11 is 0. The van der Waals surface area contributed by atoms with Gasteiger partial charge in [-0.2, -0.15) is 0 Å². The van der Waals surface area contributed by atoms with Crippen LogP contribution >= 0.6 is 12.4 Å². The van der Waals surface area contributed by atoms with Gasteiger partial charge in [-0.1, -0.05) is 0 Å². The number of aromatic nitrogens is 1. The van der Waals surface area contributed by atoms with Crippen LogP contribution in [0.3, 0.4) is 0 Å². The van der Waals surface area contributed by atoms with Gasteiger partial charge in [0.1, 0.15) is 5.82 Å². The Balaban J connectivity index is 0.00000144. The van der Waals surface area contributed by atoms with Gasteiger partial charge < -0.3 is 14.9 Å². The minimum atomic E-state index is -0.933. The lowest BCUT2D eigenvalue weighted by Crippen LogP contribution is -2.44. The number of hydrogen-bond donors (Lipinski definition) is 1. The standard InChI is InChI=1S/C11H15N3O2.ClH/c1-13-4-6-14(7-5-13)10-3-2-9(8-12-10)11(15)16;/h2-3,8H,4-7H2,1H3,(H,15,16);1H. The second kappa shape index (κ2) is 5.84. The first kappa shape index (κ1) is 13.7. The van der Waals surface area contributed by atoms with Crippen LogP contribution in [0.5, 0.6) is 0 Å². The van der Waals surface area contributed by atoms with Crippen LogP contribution in [-0.4, -0.2) is 54.2 Å². The fourth-order valence-electron chi connectivity index (χ4n) is 1.74. The van der Waals surface area contributed by atoms with Gasteiger partial charge in [0.25, 0.3) is 0 Å². The maximum Gasteiger partial charge on any atom is 0.337 e. The van der Waals surface area contributed by atoms with Crippen LogP contribution in [-0.2, 0) is 0 Å². The van der Waals surface area contributed by atoms with Gasteiger partial charge in [-0.3, -0.25) is 0 Å². The SMILES string of the molecule is CN1CCN(c2ccc(C(=O)O)cn2)CC1.Cl. The van der Waals surface area contributed by atoms with Crippen LogP contribution in [0.25, 0.3) is 0 Å². The highest BCUT2D eigenvalue weighted by Crippen LogP contribution is 2.13. The van der Waals surface area contributed by atoms with Crippen molar-refractivity contribution in [2.45, 2.75) is 0 Å². The molecule has 0 atom stereocenters. The van der Waals surface area contributed by atoms with Gasteiger partial charge in [0.05, 0.1) is 5.56 Å². The van der Waals surface area contributed by atoms with E-state index in [-0.39, 0.29) is 18.0 Å². The fourth-order valence-corrected chi connectivity index (χ4v) is 1.74. The minimum absolute atomic E-state index is 0. The highest BCUT2D eigenvalue weighted by Gasteiger charge is 2.15. The number of piperazine rings is 1. The Bertz CT molecular complexity index is 375. The largest absolute Gasteiger partial charge is 0.478 e. The van der Waals surface area contributed by atoms with E-state index in [0.29, 0.717) is 0 Å². The average Bonchev–Trinajstić information content (AvgIpc) is 2.30. The van der Waals surface area contributed by atoms with E-state index in [4.69, 9.17) is 5.11 Å². The van der Waals surface area contributed by atoms with Crippen LogP contribution < -0.4 is 4.90 Å². The van der Waals surface area contributed by atoms with Gasteiger partial charge in [0.15, 0.2) is 0 Å². The van der Waals surface area contributed by atoms with Crippen molar-refractivity contribution < 1.29 is 9.90 Å². The molecule has 0 saturated carbocycles. The Morgan fingerprint density at radius 1 is 1.29 bits per heavy atom. The molecule has 1 aromatic heterocycles. The highest BCUT2D eigenvalue weighted by molar-refractivity contribution is 5.87. The summed E-state index contributed by atoms with van der Waals surface area (Å²) in [5.41, 5.74) is 0.234. The van der Waals surface area contributed by atoms with E-state index < -0.39 is 5.97 Å². The van der Waals surface area contributed by atoms with E-state index >= 15 is 0 Å². The third-order valence-corrected chi connectivity index (χ3v) is 2.82. The van der Waals surface area contributed by atoms with Crippen molar-refractivity contribution in [2.24, 2.45) is 0 Å². The fraction of sp³-hybridized carbons (Fsp3) is 0.455. The van der Waals surface area contributed by atoms with Crippen LogP contribution in [0.2, 0.25) is 0 Å². The number of carbonyl (C=O) groups is 1. The molecule has 1 aromatic rings. The van der Waals surface area contributed by atoms with E-state index in [1.165, 1.54) is 6.20 Å². The number of halogens is 1. The van der Waals surface area contributed by atoms with Gasteiger partial charge >= 0.3 is 5.97 Å². The monoisotopic (exact) mass is 257 g/mol. The predicted octanol–water partition coefficient (Wildman–Crippen LogP) is 0.953. The third kappa shape index (κ3) is 3.31. The number of hydrogen-bond acceptors (Lipinski definition) is 4. The van der Waals surface area contributed by atoms with Crippen LogP contribution in [0.4, 0.5) is 5.82 Å². The lowest BCUT2D eigenvalue weighted by molar-refractivity contribution is 0.0696. The van der Waals surface area contributed by atoms with Crippen LogP contribution in [0.1, 0.15) is 10.4 Å². The topological polar surface area (TPSA) is 56.7 Å². The summed E-state index contributed by atoms with van der Waals surface area (Å²) in [5, 5.41) is 8.76. The van der Waals surface area contributed by atoms with E-state index in [1.54, 1.807) is 12.1 Å². The van der Waals surface area contributed by atoms with Gasteiger partial charge in [0.2, 0.25) is 0 Å². The quantitative estimate of drug-likeness (QED) is 0.855. The first-order valence-electron chi connectivity index (χ1n) is 5.29. The second-order valence-electron chi connectivity index (χ2n) is 4.00. The smallest absolute Gasteiger partial charge is 0.337 e. The number of aromatic carboxylic acids is 1. The molecule has 5 nitrogen and oxygen atoms in total. The molecule has 6 heteroatoms. The van der Waals surface area contributed by atoms with Gasteiger partial charge in [-0.15, -0.1) is 12.4 Å². The molecule has 2 rings (SSSR count). The molecule has 1 saturated heterocycles. The predicted molar refractivity (Wildman–Crippen MR) is 68.2 cm³/mol. The van der Waals surface area contributed by atoms with Crippen LogP contribution in [0, 0.1) is 0 Å². The zero-order valence-electron chi connectivity index (χ0n) is 9.67. The van der Waals surface area contributed by atoms with Gasteiger partial charge in [0, 0.05) is 32.4 Å². The number of anilines is 1. The Kier molecular flexibility index (Phi) is 4.72. The lowest BCUT2D eigenvalue weighted by atomic mass is 10.2. The van der Waals surface area contributed by atoms with Crippen molar-refractivity contribution in [3.8, 4) is 0 Å².